The molecule has 0 amide bonds. The molecule has 0 saturated carbocycles. The van der Waals surface area contributed by atoms with Gasteiger partial charge >= 0.3 is 0 Å². The number of benzene rings is 1. The Hall–Kier alpha value is -1.71. The van der Waals surface area contributed by atoms with Gasteiger partial charge in [0, 0.05) is 0 Å². The lowest BCUT2D eigenvalue weighted by Gasteiger charge is -1.96. The molecule has 4 nitrogen and oxygen atoms in total. The smallest absolute Gasteiger partial charge is 0.108 e. The Balaban J connectivity index is 2.99. The van der Waals surface area contributed by atoms with Crippen LogP contribution < -0.4 is 0 Å². The molecule has 0 bridgehead atoms. The highest BCUT2D eigenvalue weighted by molar-refractivity contribution is 5.98. The largest absolute Gasteiger partial charge is 0.411 e. The first-order chi connectivity index (χ1) is 5.77. The van der Waals surface area contributed by atoms with Crippen molar-refractivity contribution in [1.29, 1.82) is 0 Å². The third kappa shape index (κ3) is 1.66. The molecule has 62 valence electrons. The summed E-state index contributed by atoms with van der Waals surface area (Å²) < 4.78 is 0. The summed E-state index contributed by atoms with van der Waals surface area (Å²) >= 11 is 0. The lowest BCUT2D eigenvalue weighted by Crippen LogP contribution is -1.92. The van der Waals surface area contributed by atoms with Gasteiger partial charge in [-0.3, -0.25) is 0 Å². The van der Waals surface area contributed by atoms with Gasteiger partial charge in [-0.1, -0.05) is 17.3 Å². The third-order valence-electron chi connectivity index (χ3n) is 1.54. The van der Waals surface area contributed by atoms with Crippen molar-refractivity contribution in [1.82, 2.24) is 0 Å². The average molecular weight is 164 g/mol. The summed E-state index contributed by atoms with van der Waals surface area (Å²) in [5.41, 5.74) is 1.64. The van der Waals surface area contributed by atoms with Crippen LogP contribution in [0, 0.1) is 4.91 Å². The Labute approximate surface area is 69.5 Å². The second-order valence-electron chi connectivity index (χ2n) is 2.32. The number of hydrogen-bond donors (Lipinski definition) is 1. The van der Waals surface area contributed by atoms with Crippen molar-refractivity contribution in [3.8, 4) is 0 Å². The van der Waals surface area contributed by atoms with Crippen molar-refractivity contribution < 1.29 is 5.21 Å². The fourth-order valence-electron chi connectivity index (χ4n) is 0.821. The monoisotopic (exact) mass is 164 g/mol. The Kier molecular flexibility index (Phi) is 2.53. The first-order valence-electron chi connectivity index (χ1n) is 3.40. The van der Waals surface area contributed by atoms with Crippen LogP contribution >= 0.6 is 0 Å². The van der Waals surface area contributed by atoms with Crippen molar-refractivity contribution in [3.63, 3.8) is 0 Å². The number of rotatable bonds is 2. The van der Waals surface area contributed by atoms with Gasteiger partial charge in [-0.15, -0.1) is 4.91 Å². The predicted octanol–water partition coefficient (Wildman–Crippen LogP) is 2.28. The van der Waals surface area contributed by atoms with Gasteiger partial charge in [-0.25, -0.2) is 0 Å². The second-order valence-corrected chi connectivity index (χ2v) is 2.32. The van der Waals surface area contributed by atoms with Crippen LogP contribution in [0.15, 0.2) is 34.6 Å². The normalized spacial score (nSPS) is 11.2. The molecule has 0 spiro atoms. The maximum atomic E-state index is 10.0. The van der Waals surface area contributed by atoms with E-state index in [4.69, 9.17) is 5.21 Å². The van der Waals surface area contributed by atoms with Crippen LogP contribution in [0.25, 0.3) is 0 Å². The van der Waals surface area contributed by atoms with Gasteiger partial charge < -0.3 is 5.21 Å². The fourth-order valence-corrected chi connectivity index (χ4v) is 0.821. The Morgan fingerprint density at radius 1 is 1.33 bits per heavy atom. The molecule has 1 rings (SSSR count). The molecule has 12 heavy (non-hydrogen) atoms. The summed E-state index contributed by atoms with van der Waals surface area (Å²) in [4.78, 5) is 10.0. The molecular formula is C8H8N2O2. The van der Waals surface area contributed by atoms with E-state index in [9.17, 15) is 4.91 Å². The highest BCUT2D eigenvalue weighted by atomic mass is 16.4. The van der Waals surface area contributed by atoms with Crippen LogP contribution in [0.1, 0.15) is 12.5 Å². The highest BCUT2D eigenvalue weighted by Gasteiger charge is 1.97. The molecule has 0 aromatic heterocycles. The van der Waals surface area contributed by atoms with E-state index in [1.54, 1.807) is 31.2 Å². The zero-order valence-corrected chi connectivity index (χ0v) is 6.56. The van der Waals surface area contributed by atoms with Crippen LogP contribution in [0.3, 0.4) is 0 Å². The number of nitrogens with zero attached hydrogens (tertiary/aromatic N) is 2. The van der Waals surface area contributed by atoms with Gasteiger partial charge in [0.25, 0.3) is 0 Å². The topological polar surface area (TPSA) is 62.0 Å². The number of hydrogen-bond acceptors (Lipinski definition) is 4. The molecule has 0 atom stereocenters. The molecule has 0 unspecified atom stereocenters. The van der Waals surface area contributed by atoms with Crippen LogP contribution in [-0.2, 0) is 0 Å². The minimum Gasteiger partial charge on any atom is -0.411 e. The number of oxime groups is 1. The van der Waals surface area contributed by atoms with Gasteiger partial charge in [-0.2, -0.15) is 0 Å². The fraction of sp³-hybridized carbons (Fsp3) is 0.125. The molecule has 0 aliphatic heterocycles. The van der Waals surface area contributed by atoms with E-state index < -0.39 is 0 Å². The van der Waals surface area contributed by atoms with Crippen molar-refractivity contribution in [2.24, 2.45) is 10.3 Å². The molecule has 0 saturated heterocycles. The maximum absolute atomic E-state index is 10.0. The van der Waals surface area contributed by atoms with Crippen molar-refractivity contribution >= 4 is 11.4 Å². The quantitative estimate of drug-likeness (QED) is 0.315. The minimum absolute atomic E-state index is 0.365. The molecule has 1 aromatic rings. The second kappa shape index (κ2) is 3.61. The van der Waals surface area contributed by atoms with E-state index in [1.165, 1.54) is 0 Å². The summed E-state index contributed by atoms with van der Waals surface area (Å²) in [6, 6.07) is 6.48. The van der Waals surface area contributed by atoms with Gasteiger partial charge in [0.15, 0.2) is 0 Å². The van der Waals surface area contributed by atoms with Crippen molar-refractivity contribution in [3.05, 3.63) is 34.7 Å². The first kappa shape index (κ1) is 8.39. The third-order valence-corrected chi connectivity index (χ3v) is 1.54. The standard InChI is InChI=1S/C8H8N2O2/c1-6(9-11)7-2-4-8(10-12)5-3-7/h2-5,11H,1H3. The molecule has 1 aromatic carbocycles. The zero-order chi connectivity index (χ0) is 8.97. The summed E-state index contributed by atoms with van der Waals surface area (Å²) in [5, 5.41) is 14.2. The summed E-state index contributed by atoms with van der Waals surface area (Å²) in [7, 11) is 0. The van der Waals surface area contributed by atoms with Crippen LogP contribution in [0.5, 0.6) is 0 Å². The van der Waals surface area contributed by atoms with Crippen molar-refractivity contribution in [2.45, 2.75) is 6.92 Å². The van der Waals surface area contributed by atoms with E-state index in [2.05, 4.69) is 10.3 Å². The van der Waals surface area contributed by atoms with Gasteiger partial charge in [-0.05, 0) is 29.8 Å². The number of nitroso groups, excluding NO2 is 1. The minimum atomic E-state index is 0.365. The molecule has 0 aliphatic rings. The van der Waals surface area contributed by atoms with E-state index in [0.717, 1.165) is 5.56 Å². The molecule has 0 aliphatic carbocycles. The van der Waals surface area contributed by atoms with E-state index >= 15 is 0 Å². The predicted molar refractivity (Wildman–Crippen MR) is 45.9 cm³/mol. The van der Waals surface area contributed by atoms with Crippen molar-refractivity contribution in [2.75, 3.05) is 0 Å². The Morgan fingerprint density at radius 2 is 1.92 bits per heavy atom. The van der Waals surface area contributed by atoms with E-state index in [1.807, 2.05) is 0 Å². The average Bonchev–Trinajstić information content (AvgIpc) is 2.17. The summed E-state index contributed by atoms with van der Waals surface area (Å²) in [5.74, 6) is 0. The van der Waals surface area contributed by atoms with Crippen LogP contribution in [0.4, 0.5) is 5.69 Å². The van der Waals surface area contributed by atoms with Crippen LogP contribution in [-0.4, -0.2) is 10.9 Å². The maximum Gasteiger partial charge on any atom is 0.108 e. The lowest BCUT2D eigenvalue weighted by molar-refractivity contribution is 0.319. The molecule has 4 heteroatoms. The summed E-state index contributed by atoms with van der Waals surface area (Å²) in [6.45, 7) is 1.67. The Morgan fingerprint density at radius 3 is 2.33 bits per heavy atom. The van der Waals surface area contributed by atoms with Gasteiger partial charge in [0.05, 0.1) is 5.71 Å². The van der Waals surface area contributed by atoms with Gasteiger partial charge in [0.1, 0.15) is 5.69 Å². The molecular weight excluding hydrogens is 156 g/mol. The Bertz CT molecular complexity index is 303. The van der Waals surface area contributed by atoms with Gasteiger partial charge in [0.2, 0.25) is 0 Å². The molecule has 1 N–H and O–H groups in total. The lowest BCUT2D eigenvalue weighted by atomic mass is 10.1. The van der Waals surface area contributed by atoms with E-state index in [-0.39, 0.29) is 0 Å². The molecule has 0 fully saturated rings. The zero-order valence-electron chi connectivity index (χ0n) is 6.56. The highest BCUT2D eigenvalue weighted by Crippen LogP contribution is 2.12. The molecule has 0 radical (unpaired) electrons. The SMILES string of the molecule is CC(=NO)c1ccc(N=O)cc1. The summed E-state index contributed by atoms with van der Waals surface area (Å²) in [6.07, 6.45) is 0. The first-order valence-corrected chi connectivity index (χ1v) is 3.40. The van der Waals surface area contributed by atoms with Crippen LogP contribution in [0.2, 0.25) is 0 Å². The van der Waals surface area contributed by atoms with E-state index in [0.29, 0.717) is 11.4 Å². The molecule has 0 heterocycles.